The van der Waals surface area contributed by atoms with Crippen LogP contribution >= 0.6 is 12.2 Å². The number of nitrogens with one attached hydrogen (secondary N) is 2. The van der Waals surface area contributed by atoms with Gasteiger partial charge in [0.2, 0.25) is 5.91 Å². The highest BCUT2D eigenvalue weighted by molar-refractivity contribution is 7.80. The fourth-order valence-electron chi connectivity index (χ4n) is 1.40. The van der Waals surface area contributed by atoms with E-state index in [0.29, 0.717) is 11.0 Å². The lowest BCUT2D eigenvalue weighted by molar-refractivity contribution is -0.126. The molecule has 0 fully saturated rings. The maximum atomic E-state index is 11.8. The van der Waals surface area contributed by atoms with Crippen molar-refractivity contribution in [2.45, 2.75) is 40.5 Å². The van der Waals surface area contributed by atoms with Gasteiger partial charge in [-0.25, -0.2) is 0 Å². The number of carbonyl (C=O) groups excluding carboxylic acids is 1. The highest BCUT2D eigenvalue weighted by Gasteiger charge is 2.21. The third kappa shape index (κ3) is 4.99. The maximum absolute atomic E-state index is 11.8. The van der Waals surface area contributed by atoms with Crippen molar-refractivity contribution in [2.75, 3.05) is 5.32 Å². The Hall–Kier alpha value is -1.42. The summed E-state index contributed by atoms with van der Waals surface area (Å²) in [5, 5.41) is 6.03. The first-order valence-electron chi connectivity index (χ1n) is 6.42. The quantitative estimate of drug-likeness (QED) is 0.811. The van der Waals surface area contributed by atoms with E-state index < -0.39 is 5.41 Å². The first kappa shape index (κ1) is 15.6. The molecule has 0 bridgehead atoms. The molecule has 0 unspecified atom stereocenters. The van der Waals surface area contributed by atoms with E-state index in [-0.39, 0.29) is 5.91 Å². The summed E-state index contributed by atoms with van der Waals surface area (Å²) in [7, 11) is 0. The van der Waals surface area contributed by atoms with Gasteiger partial charge in [0.05, 0.1) is 0 Å². The summed E-state index contributed by atoms with van der Waals surface area (Å²) in [5.41, 5.74) is 1.70. The molecular formula is C15H22N2OS. The van der Waals surface area contributed by atoms with Crippen LogP contribution in [0.25, 0.3) is 0 Å². The molecule has 0 saturated carbocycles. The van der Waals surface area contributed by atoms with Gasteiger partial charge in [-0.15, -0.1) is 0 Å². The lowest BCUT2D eigenvalue weighted by atomic mass is 9.96. The van der Waals surface area contributed by atoms with Gasteiger partial charge in [-0.05, 0) is 35.8 Å². The van der Waals surface area contributed by atoms with Gasteiger partial charge in [-0.3, -0.25) is 4.79 Å². The molecular weight excluding hydrogens is 256 g/mol. The van der Waals surface area contributed by atoms with Crippen LogP contribution < -0.4 is 10.6 Å². The molecule has 0 spiro atoms. The molecule has 19 heavy (non-hydrogen) atoms. The van der Waals surface area contributed by atoms with Gasteiger partial charge in [0, 0.05) is 11.1 Å². The van der Waals surface area contributed by atoms with Crippen LogP contribution in [-0.2, 0) is 4.79 Å². The van der Waals surface area contributed by atoms with Crippen molar-refractivity contribution in [3.05, 3.63) is 29.8 Å². The highest BCUT2D eigenvalue weighted by Crippen LogP contribution is 2.17. The molecule has 4 heteroatoms. The van der Waals surface area contributed by atoms with Gasteiger partial charge >= 0.3 is 0 Å². The summed E-state index contributed by atoms with van der Waals surface area (Å²) in [6.07, 6.45) is 0. The standard InChI is InChI=1S/C15H22N2OS/c1-10(2)11-6-8-12(9-7-11)16-14(19)17-13(18)15(3,4)5/h6-10H,1-5H3,(H2,16,17,18,19). The van der Waals surface area contributed by atoms with Crippen LogP contribution in [0.15, 0.2) is 24.3 Å². The van der Waals surface area contributed by atoms with Crippen LogP contribution in [0, 0.1) is 5.41 Å². The van der Waals surface area contributed by atoms with Crippen LogP contribution in [0.5, 0.6) is 0 Å². The van der Waals surface area contributed by atoms with Crippen LogP contribution in [0.2, 0.25) is 0 Å². The first-order chi connectivity index (χ1) is 8.70. The maximum Gasteiger partial charge on any atom is 0.231 e. The zero-order chi connectivity index (χ0) is 14.6. The van der Waals surface area contributed by atoms with Gasteiger partial charge in [-0.1, -0.05) is 46.8 Å². The van der Waals surface area contributed by atoms with Crippen molar-refractivity contribution in [3.8, 4) is 0 Å². The summed E-state index contributed by atoms with van der Waals surface area (Å²) in [4.78, 5) is 11.8. The Labute approximate surface area is 120 Å². The van der Waals surface area contributed by atoms with Crippen molar-refractivity contribution < 1.29 is 4.79 Å². The molecule has 0 aliphatic rings. The fourth-order valence-corrected chi connectivity index (χ4v) is 1.61. The second-order valence-corrected chi connectivity index (χ2v) is 6.34. The van der Waals surface area contributed by atoms with Gasteiger partial charge in [0.15, 0.2) is 5.11 Å². The average Bonchev–Trinajstić information content (AvgIpc) is 2.28. The molecule has 0 aliphatic carbocycles. The van der Waals surface area contributed by atoms with Crippen molar-refractivity contribution in [2.24, 2.45) is 5.41 Å². The van der Waals surface area contributed by atoms with Gasteiger partial charge < -0.3 is 10.6 Å². The topological polar surface area (TPSA) is 41.1 Å². The van der Waals surface area contributed by atoms with Gasteiger partial charge in [0.1, 0.15) is 0 Å². The Morgan fingerprint density at radius 1 is 1.16 bits per heavy atom. The predicted molar refractivity (Wildman–Crippen MR) is 84.3 cm³/mol. The summed E-state index contributed by atoms with van der Waals surface area (Å²) in [6, 6.07) is 8.04. The molecule has 104 valence electrons. The minimum Gasteiger partial charge on any atom is -0.332 e. The normalized spacial score (nSPS) is 11.3. The molecule has 3 nitrogen and oxygen atoms in total. The lowest BCUT2D eigenvalue weighted by Gasteiger charge is -2.18. The van der Waals surface area contributed by atoms with E-state index in [1.807, 2.05) is 32.9 Å². The minimum absolute atomic E-state index is 0.0937. The fraction of sp³-hybridized carbons (Fsp3) is 0.467. The van der Waals surface area contributed by atoms with E-state index in [9.17, 15) is 4.79 Å². The monoisotopic (exact) mass is 278 g/mol. The zero-order valence-electron chi connectivity index (χ0n) is 12.2. The lowest BCUT2D eigenvalue weighted by Crippen LogP contribution is -2.41. The Kier molecular flexibility index (Phi) is 5.06. The molecule has 1 aromatic carbocycles. The van der Waals surface area contributed by atoms with Crippen molar-refractivity contribution in [1.82, 2.24) is 5.32 Å². The number of hydrogen-bond acceptors (Lipinski definition) is 2. The number of amides is 1. The van der Waals surface area contributed by atoms with Crippen LogP contribution in [0.1, 0.15) is 46.1 Å². The second kappa shape index (κ2) is 6.15. The van der Waals surface area contributed by atoms with Gasteiger partial charge in [-0.2, -0.15) is 0 Å². The minimum atomic E-state index is -0.451. The largest absolute Gasteiger partial charge is 0.332 e. The average molecular weight is 278 g/mol. The summed E-state index contributed by atoms with van der Waals surface area (Å²) >= 11 is 5.12. The molecule has 0 saturated heterocycles. The number of thiocarbonyl (C=S) groups is 1. The van der Waals surface area contributed by atoms with E-state index in [2.05, 4.69) is 36.6 Å². The summed E-state index contributed by atoms with van der Waals surface area (Å²) in [6.45, 7) is 9.85. The third-order valence-corrected chi connectivity index (χ3v) is 2.95. The van der Waals surface area contributed by atoms with E-state index in [1.165, 1.54) is 5.56 Å². The van der Waals surface area contributed by atoms with Crippen molar-refractivity contribution in [1.29, 1.82) is 0 Å². The van der Waals surface area contributed by atoms with E-state index in [0.717, 1.165) is 5.69 Å². The zero-order valence-corrected chi connectivity index (χ0v) is 13.0. The molecule has 1 aromatic rings. The summed E-state index contributed by atoms with van der Waals surface area (Å²) < 4.78 is 0. The number of rotatable bonds is 2. The highest BCUT2D eigenvalue weighted by atomic mass is 32.1. The van der Waals surface area contributed by atoms with Crippen LogP contribution in [-0.4, -0.2) is 11.0 Å². The molecule has 0 atom stereocenters. The molecule has 1 amide bonds. The molecule has 1 rings (SSSR count). The first-order valence-corrected chi connectivity index (χ1v) is 6.83. The van der Waals surface area contributed by atoms with E-state index in [4.69, 9.17) is 12.2 Å². The molecule has 0 radical (unpaired) electrons. The number of hydrogen-bond donors (Lipinski definition) is 2. The SMILES string of the molecule is CC(C)c1ccc(NC(=S)NC(=O)C(C)(C)C)cc1. The smallest absolute Gasteiger partial charge is 0.231 e. The van der Waals surface area contributed by atoms with Gasteiger partial charge in [0.25, 0.3) is 0 Å². The summed E-state index contributed by atoms with van der Waals surface area (Å²) in [5.74, 6) is 0.408. The van der Waals surface area contributed by atoms with E-state index in [1.54, 1.807) is 0 Å². The number of anilines is 1. The Balaban J connectivity index is 2.60. The number of benzene rings is 1. The second-order valence-electron chi connectivity index (χ2n) is 5.93. The Morgan fingerprint density at radius 2 is 1.68 bits per heavy atom. The van der Waals surface area contributed by atoms with E-state index >= 15 is 0 Å². The number of carbonyl (C=O) groups is 1. The molecule has 2 N–H and O–H groups in total. The van der Waals surface area contributed by atoms with Crippen LogP contribution in [0.4, 0.5) is 5.69 Å². The van der Waals surface area contributed by atoms with Crippen LogP contribution in [0.3, 0.4) is 0 Å². The molecule has 0 heterocycles. The van der Waals surface area contributed by atoms with Crippen molar-refractivity contribution in [3.63, 3.8) is 0 Å². The Bertz CT molecular complexity index is 458. The molecule has 0 aromatic heterocycles. The van der Waals surface area contributed by atoms with Crippen molar-refractivity contribution >= 4 is 28.9 Å². The Morgan fingerprint density at radius 3 is 2.11 bits per heavy atom. The molecule has 0 aliphatic heterocycles. The third-order valence-electron chi connectivity index (χ3n) is 2.74. The predicted octanol–water partition coefficient (Wildman–Crippen LogP) is 3.67.